The fourth-order valence-electron chi connectivity index (χ4n) is 1.83. The summed E-state index contributed by atoms with van der Waals surface area (Å²) >= 11 is 5.72. The van der Waals surface area contributed by atoms with Crippen molar-refractivity contribution in [3.05, 3.63) is 34.6 Å². The van der Waals surface area contributed by atoms with Crippen LogP contribution in [-0.2, 0) is 0 Å². The SMILES string of the molecule is CCC(CC)C(N)c1cccc(Cl)c1F. The van der Waals surface area contributed by atoms with E-state index >= 15 is 0 Å². The second-order valence-corrected chi connectivity index (χ2v) is 4.15. The first kappa shape index (κ1) is 12.5. The van der Waals surface area contributed by atoms with Crippen LogP contribution in [0.5, 0.6) is 0 Å². The Hall–Kier alpha value is -0.600. The third-order valence-electron chi connectivity index (χ3n) is 2.90. The molecule has 0 spiro atoms. The lowest BCUT2D eigenvalue weighted by Gasteiger charge is -2.22. The molecule has 0 aromatic heterocycles. The molecule has 0 bridgehead atoms. The van der Waals surface area contributed by atoms with E-state index in [2.05, 4.69) is 13.8 Å². The minimum Gasteiger partial charge on any atom is -0.324 e. The number of benzene rings is 1. The fraction of sp³-hybridized carbons (Fsp3) is 0.500. The molecule has 84 valence electrons. The average Bonchev–Trinajstić information content (AvgIpc) is 2.23. The lowest BCUT2D eigenvalue weighted by atomic mass is 9.89. The minimum absolute atomic E-state index is 0.147. The summed E-state index contributed by atoms with van der Waals surface area (Å²) in [4.78, 5) is 0. The quantitative estimate of drug-likeness (QED) is 0.832. The number of hydrogen-bond acceptors (Lipinski definition) is 1. The van der Waals surface area contributed by atoms with Crippen LogP contribution in [0.25, 0.3) is 0 Å². The van der Waals surface area contributed by atoms with Gasteiger partial charge in [0, 0.05) is 11.6 Å². The molecule has 15 heavy (non-hydrogen) atoms. The Morgan fingerprint density at radius 2 is 1.93 bits per heavy atom. The lowest BCUT2D eigenvalue weighted by Crippen LogP contribution is -2.21. The van der Waals surface area contributed by atoms with Crippen LogP contribution in [0.4, 0.5) is 4.39 Å². The van der Waals surface area contributed by atoms with Crippen LogP contribution in [-0.4, -0.2) is 0 Å². The van der Waals surface area contributed by atoms with Gasteiger partial charge in [-0.3, -0.25) is 0 Å². The van der Waals surface area contributed by atoms with Crippen LogP contribution in [0.2, 0.25) is 5.02 Å². The zero-order chi connectivity index (χ0) is 11.4. The highest BCUT2D eigenvalue weighted by molar-refractivity contribution is 6.30. The van der Waals surface area contributed by atoms with Gasteiger partial charge in [0.05, 0.1) is 5.02 Å². The summed E-state index contributed by atoms with van der Waals surface area (Å²) in [6, 6.07) is 4.73. The van der Waals surface area contributed by atoms with Crippen molar-refractivity contribution in [2.45, 2.75) is 32.7 Å². The van der Waals surface area contributed by atoms with Crippen LogP contribution in [0.15, 0.2) is 18.2 Å². The Kier molecular flexibility index (Phi) is 4.55. The highest BCUT2D eigenvalue weighted by Crippen LogP contribution is 2.29. The van der Waals surface area contributed by atoms with Gasteiger partial charge in [-0.25, -0.2) is 4.39 Å². The summed E-state index contributed by atoms with van der Waals surface area (Å²) in [6.07, 6.45) is 1.90. The molecule has 0 saturated carbocycles. The van der Waals surface area contributed by atoms with Crippen molar-refractivity contribution in [1.82, 2.24) is 0 Å². The van der Waals surface area contributed by atoms with Crippen LogP contribution in [0.3, 0.4) is 0 Å². The average molecular weight is 230 g/mol. The summed E-state index contributed by atoms with van der Waals surface area (Å²) in [5.74, 6) is -0.0727. The second-order valence-electron chi connectivity index (χ2n) is 3.75. The van der Waals surface area contributed by atoms with Gasteiger partial charge in [0.15, 0.2) is 0 Å². The van der Waals surface area contributed by atoms with E-state index in [-0.39, 0.29) is 16.9 Å². The summed E-state index contributed by atoms with van der Waals surface area (Å²) in [7, 11) is 0. The van der Waals surface area contributed by atoms with E-state index in [1.54, 1.807) is 18.2 Å². The number of nitrogens with two attached hydrogens (primary N) is 1. The monoisotopic (exact) mass is 229 g/mol. The van der Waals surface area contributed by atoms with Gasteiger partial charge < -0.3 is 5.73 Å². The second kappa shape index (κ2) is 5.47. The van der Waals surface area contributed by atoms with E-state index in [1.807, 2.05) is 0 Å². The van der Waals surface area contributed by atoms with Gasteiger partial charge >= 0.3 is 0 Å². The molecule has 1 rings (SSSR count). The molecule has 3 heteroatoms. The van der Waals surface area contributed by atoms with Crippen molar-refractivity contribution >= 4 is 11.6 Å². The molecule has 0 aliphatic heterocycles. The van der Waals surface area contributed by atoms with E-state index < -0.39 is 0 Å². The fourth-order valence-corrected chi connectivity index (χ4v) is 2.01. The molecule has 0 fully saturated rings. The van der Waals surface area contributed by atoms with Gasteiger partial charge in [0.1, 0.15) is 5.82 Å². The summed E-state index contributed by atoms with van der Waals surface area (Å²) in [5, 5.41) is 0.147. The van der Waals surface area contributed by atoms with Gasteiger partial charge in [0.2, 0.25) is 0 Å². The standard InChI is InChI=1S/C12H17ClFN/c1-3-8(4-2)12(15)9-6-5-7-10(13)11(9)14/h5-8,12H,3-4,15H2,1-2H3. The van der Waals surface area contributed by atoms with Crippen molar-refractivity contribution in [3.8, 4) is 0 Å². The molecule has 0 saturated heterocycles. The van der Waals surface area contributed by atoms with Crippen molar-refractivity contribution in [3.63, 3.8) is 0 Å². The van der Waals surface area contributed by atoms with Crippen LogP contribution < -0.4 is 5.73 Å². The van der Waals surface area contributed by atoms with Crippen molar-refractivity contribution in [2.24, 2.45) is 11.7 Å². The Labute approximate surface area is 95.4 Å². The van der Waals surface area contributed by atoms with E-state index in [4.69, 9.17) is 17.3 Å². The van der Waals surface area contributed by atoms with Crippen LogP contribution in [0, 0.1) is 11.7 Å². The Bertz CT molecular complexity index is 323. The van der Waals surface area contributed by atoms with Gasteiger partial charge in [-0.05, 0) is 12.0 Å². The Morgan fingerprint density at radius 3 is 2.47 bits per heavy atom. The maximum atomic E-state index is 13.7. The van der Waals surface area contributed by atoms with Gasteiger partial charge in [0.25, 0.3) is 0 Å². The van der Waals surface area contributed by atoms with E-state index in [1.165, 1.54) is 0 Å². The maximum Gasteiger partial charge on any atom is 0.146 e. The number of hydrogen-bond donors (Lipinski definition) is 1. The number of halogens is 2. The molecule has 1 nitrogen and oxygen atoms in total. The van der Waals surface area contributed by atoms with E-state index in [0.717, 1.165) is 12.8 Å². The summed E-state index contributed by atoms with van der Waals surface area (Å²) in [6.45, 7) is 4.13. The van der Waals surface area contributed by atoms with Gasteiger partial charge in [-0.2, -0.15) is 0 Å². The zero-order valence-electron chi connectivity index (χ0n) is 9.13. The van der Waals surface area contributed by atoms with E-state index in [9.17, 15) is 4.39 Å². The molecular formula is C12H17ClFN. The molecular weight excluding hydrogens is 213 g/mol. The molecule has 0 aliphatic carbocycles. The van der Waals surface area contributed by atoms with E-state index in [0.29, 0.717) is 11.5 Å². The van der Waals surface area contributed by atoms with Crippen LogP contribution in [0.1, 0.15) is 38.3 Å². The molecule has 0 radical (unpaired) electrons. The first-order valence-corrected chi connectivity index (χ1v) is 5.69. The predicted octanol–water partition coefficient (Wildman–Crippen LogP) is 3.92. The highest BCUT2D eigenvalue weighted by atomic mass is 35.5. The first-order chi connectivity index (χ1) is 7.11. The largest absolute Gasteiger partial charge is 0.324 e. The Morgan fingerprint density at radius 1 is 1.33 bits per heavy atom. The topological polar surface area (TPSA) is 26.0 Å². The summed E-state index contributed by atoms with van der Waals surface area (Å²) in [5.41, 5.74) is 6.56. The van der Waals surface area contributed by atoms with Crippen molar-refractivity contribution in [2.75, 3.05) is 0 Å². The number of rotatable bonds is 4. The lowest BCUT2D eigenvalue weighted by molar-refractivity contribution is 0.394. The maximum absolute atomic E-state index is 13.7. The zero-order valence-corrected chi connectivity index (χ0v) is 9.89. The Balaban J connectivity index is 2.99. The molecule has 1 atom stereocenters. The van der Waals surface area contributed by atoms with Gasteiger partial charge in [-0.15, -0.1) is 0 Å². The first-order valence-electron chi connectivity index (χ1n) is 5.31. The smallest absolute Gasteiger partial charge is 0.146 e. The van der Waals surface area contributed by atoms with Gasteiger partial charge in [-0.1, -0.05) is 50.4 Å². The normalized spacial score (nSPS) is 13.2. The van der Waals surface area contributed by atoms with Crippen molar-refractivity contribution in [1.29, 1.82) is 0 Å². The molecule has 0 amide bonds. The van der Waals surface area contributed by atoms with Crippen molar-refractivity contribution < 1.29 is 4.39 Å². The molecule has 0 heterocycles. The molecule has 2 N–H and O–H groups in total. The summed E-state index contributed by atoms with van der Waals surface area (Å²) < 4.78 is 13.7. The molecule has 1 aromatic rings. The third-order valence-corrected chi connectivity index (χ3v) is 3.19. The minimum atomic E-state index is -0.376. The molecule has 1 unspecified atom stereocenters. The molecule has 0 aliphatic rings. The molecule has 1 aromatic carbocycles. The van der Waals surface area contributed by atoms with Crippen LogP contribution >= 0.6 is 11.6 Å². The predicted molar refractivity (Wildman–Crippen MR) is 62.4 cm³/mol. The highest BCUT2D eigenvalue weighted by Gasteiger charge is 2.20. The third kappa shape index (κ3) is 2.70.